The van der Waals surface area contributed by atoms with Gasteiger partial charge in [0.15, 0.2) is 11.4 Å². The van der Waals surface area contributed by atoms with Crippen LogP contribution in [0.2, 0.25) is 0 Å². The summed E-state index contributed by atoms with van der Waals surface area (Å²) in [6, 6.07) is 1.66. The van der Waals surface area contributed by atoms with Crippen molar-refractivity contribution in [1.29, 1.82) is 0 Å². The zero-order chi connectivity index (χ0) is 10.8. The summed E-state index contributed by atoms with van der Waals surface area (Å²) in [6.07, 6.45) is 2.15. The lowest BCUT2D eigenvalue weighted by molar-refractivity contribution is 0.416. The summed E-state index contributed by atoms with van der Waals surface area (Å²) in [5, 5.41) is 7.30. The van der Waals surface area contributed by atoms with E-state index in [4.69, 9.17) is 4.42 Å². The molecule has 0 saturated carbocycles. The van der Waals surface area contributed by atoms with Gasteiger partial charge in [-0.15, -0.1) is 5.10 Å². The lowest BCUT2D eigenvalue weighted by atomic mass is 10.1. The lowest BCUT2D eigenvalue weighted by Crippen LogP contribution is -2.09. The fraction of sp³-hybridized carbons (Fsp3) is 0.400. The van der Waals surface area contributed by atoms with Crippen molar-refractivity contribution in [1.82, 2.24) is 15.2 Å². The van der Waals surface area contributed by atoms with Gasteiger partial charge in [0.05, 0.1) is 6.20 Å². The van der Waals surface area contributed by atoms with Crippen molar-refractivity contribution in [2.45, 2.75) is 20.3 Å². The van der Waals surface area contributed by atoms with Crippen LogP contribution in [0.4, 0.5) is 0 Å². The minimum absolute atomic E-state index is 0.185. The second kappa shape index (κ2) is 3.76. The fourth-order valence-electron chi connectivity index (χ4n) is 1.31. The van der Waals surface area contributed by atoms with Gasteiger partial charge in [-0.2, -0.15) is 5.10 Å². The molecule has 0 aromatic carbocycles. The predicted molar refractivity (Wildman–Crippen MR) is 54.4 cm³/mol. The van der Waals surface area contributed by atoms with Gasteiger partial charge in [0, 0.05) is 6.42 Å². The van der Waals surface area contributed by atoms with Gasteiger partial charge in [-0.1, -0.05) is 13.8 Å². The minimum atomic E-state index is -0.469. The van der Waals surface area contributed by atoms with Gasteiger partial charge in [-0.05, 0) is 12.0 Å². The molecule has 0 amide bonds. The van der Waals surface area contributed by atoms with Crippen LogP contribution in [0.15, 0.2) is 21.5 Å². The van der Waals surface area contributed by atoms with Crippen LogP contribution >= 0.6 is 0 Å². The van der Waals surface area contributed by atoms with E-state index in [2.05, 4.69) is 15.2 Å². The van der Waals surface area contributed by atoms with Gasteiger partial charge in [0.2, 0.25) is 0 Å². The normalized spacial score (nSPS) is 11.1. The molecule has 0 unspecified atom stereocenters. The minimum Gasteiger partial charge on any atom is -0.407 e. The Morgan fingerprint density at radius 2 is 2.27 bits per heavy atom. The van der Waals surface area contributed by atoms with Gasteiger partial charge in [-0.25, -0.2) is 9.78 Å². The monoisotopic (exact) mass is 205 g/mol. The van der Waals surface area contributed by atoms with E-state index < -0.39 is 5.63 Å². The summed E-state index contributed by atoms with van der Waals surface area (Å²) in [4.78, 5) is 15.7. The molecular weight excluding hydrogens is 194 g/mol. The van der Waals surface area contributed by atoms with Crippen molar-refractivity contribution < 1.29 is 4.42 Å². The number of fused-ring (bicyclic) bond motifs is 1. The first kappa shape index (κ1) is 9.76. The Bertz CT molecular complexity index is 533. The van der Waals surface area contributed by atoms with E-state index in [1.165, 1.54) is 6.20 Å². The molecule has 0 atom stereocenters. The number of hydrogen-bond acceptors (Lipinski definition) is 5. The van der Waals surface area contributed by atoms with E-state index in [1.807, 2.05) is 13.8 Å². The molecule has 5 nitrogen and oxygen atoms in total. The molecule has 0 aliphatic rings. The molecule has 0 radical (unpaired) electrons. The fourth-order valence-corrected chi connectivity index (χ4v) is 1.31. The van der Waals surface area contributed by atoms with Gasteiger partial charge >= 0.3 is 5.63 Å². The van der Waals surface area contributed by atoms with Crippen LogP contribution in [0.5, 0.6) is 0 Å². The van der Waals surface area contributed by atoms with Crippen molar-refractivity contribution in [2.24, 2.45) is 5.92 Å². The molecule has 0 fully saturated rings. The molecule has 0 aliphatic carbocycles. The first-order valence-electron chi connectivity index (χ1n) is 4.78. The van der Waals surface area contributed by atoms with E-state index >= 15 is 0 Å². The average molecular weight is 205 g/mol. The molecule has 5 heteroatoms. The third-order valence-corrected chi connectivity index (χ3v) is 1.93. The number of rotatable bonds is 2. The van der Waals surface area contributed by atoms with Crippen LogP contribution < -0.4 is 5.63 Å². The maximum absolute atomic E-state index is 11.5. The van der Waals surface area contributed by atoms with E-state index in [-0.39, 0.29) is 5.52 Å². The molecule has 78 valence electrons. The molecule has 0 saturated heterocycles. The highest BCUT2D eigenvalue weighted by molar-refractivity contribution is 5.70. The Hall–Kier alpha value is -1.78. The van der Waals surface area contributed by atoms with Crippen LogP contribution in [0, 0.1) is 5.92 Å². The highest BCUT2D eigenvalue weighted by Gasteiger charge is 2.08. The Kier molecular flexibility index (Phi) is 2.45. The molecular formula is C10H11N3O2. The van der Waals surface area contributed by atoms with Crippen molar-refractivity contribution in [3.8, 4) is 0 Å². The third-order valence-electron chi connectivity index (χ3n) is 1.93. The van der Waals surface area contributed by atoms with Crippen LogP contribution in [-0.4, -0.2) is 15.2 Å². The highest BCUT2D eigenvalue weighted by Crippen LogP contribution is 2.07. The summed E-state index contributed by atoms with van der Waals surface area (Å²) in [7, 11) is 0. The first-order chi connectivity index (χ1) is 7.16. The molecule has 2 rings (SSSR count). The summed E-state index contributed by atoms with van der Waals surface area (Å²) >= 11 is 0. The van der Waals surface area contributed by atoms with Crippen LogP contribution in [0.1, 0.15) is 19.7 Å². The Balaban J connectivity index is 2.57. The molecule has 0 spiro atoms. The predicted octanol–water partition coefficient (Wildman–Crippen LogP) is 1.18. The summed E-state index contributed by atoms with van der Waals surface area (Å²) < 4.78 is 5.03. The summed E-state index contributed by atoms with van der Waals surface area (Å²) in [5.41, 5.74) is 0.255. The lowest BCUT2D eigenvalue weighted by Gasteiger charge is -2.02. The number of hydrogen-bond donors (Lipinski definition) is 0. The zero-order valence-electron chi connectivity index (χ0n) is 8.60. The summed E-state index contributed by atoms with van der Waals surface area (Å²) in [6.45, 7) is 4.08. The Labute approximate surface area is 86.2 Å². The Morgan fingerprint density at radius 3 is 3.00 bits per heavy atom. The number of aromatic nitrogens is 3. The van der Waals surface area contributed by atoms with E-state index in [0.29, 0.717) is 23.7 Å². The zero-order valence-corrected chi connectivity index (χ0v) is 8.60. The molecule has 0 N–H and O–H groups in total. The standard InChI is InChI=1S/C10H11N3O2/c1-6(2)5-8-12-7-3-4-11-13-9(7)10(14)15-8/h3-4,6H,5H2,1-2H3. The van der Waals surface area contributed by atoms with Crippen LogP contribution in [0.3, 0.4) is 0 Å². The molecule has 15 heavy (non-hydrogen) atoms. The average Bonchev–Trinajstić information content (AvgIpc) is 2.16. The van der Waals surface area contributed by atoms with E-state index in [9.17, 15) is 4.79 Å². The summed E-state index contributed by atoms with van der Waals surface area (Å²) in [5.74, 6) is 0.850. The molecule has 0 aliphatic heterocycles. The Morgan fingerprint density at radius 1 is 1.47 bits per heavy atom. The van der Waals surface area contributed by atoms with Gasteiger partial charge in [-0.3, -0.25) is 0 Å². The maximum Gasteiger partial charge on any atom is 0.367 e. The van der Waals surface area contributed by atoms with Gasteiger partial charge in [0.1, 0.15) is 5.52 Å². The number of nitrogens with zero attached hydrogens (tertiary/aromatic N) is 3. The van der Waals surface area contributed by atoms with Crippen molar-refractivity contribution in [2.75, 3.05) is 0 Å². The highest BCUT2D eigenvalue weighted by atomic mass is 16.4. The molecule has 2 heterocycles. The smallest absolute Gasteiger partial charge is 0.367 e. The maximum atomic E-state index is 11.5. The van der Waals surface area contributed by atoms with Crippen molar-refractivity contribution >= 4 is 11.0 Å². The second-order valence-corrected chi connectivity index (χ2v) is 3.76. The van der Waals surface area contributed by atoms with E-state index in [0.717, 1.165) is 0 Å². The second-order valence-electron chi connectivity index (χ2n) is 3.76. The quantitative estimate of drug-likeness (QED) is 0.736. The van der Waals surface area contributed by atoms with E-state index in [1.54, 1.807) is 6.07 Å². The van der Waals surface area contributed by atoms with Crippen molar-refractivity contribution in [3.63, 3.8) is 0 Å². The molecule has 0 bridgehead atoms. The largest absolute Gasteiger partial charge is 0.407 e. The van der Waals surface area contributed by atoms with Crippen molar-refractivity contribution in [3.05, 3.63) is 28.6 Å². The third kappa shape index (κ3) is 2.01. The van der Waals surface area contributed by atoms with Gasteiger partial charge < -0.3 is 4.42 Å². The van der Waals surface area contributed by atoms with Crippen LogP contribution in [0.25, 0.3) is 11.0 Å². The first-order valence-corrected chi connectivity index (χ1v) is 4.78. The molecule has 2 aromatic rings. The SMILES string of the molecule is CC(C)Cc1nc2ccnnc2c(=O)o1. The van der Waals surface area contributed by atoms with Crippen LogP contribution in [-0.2, 0) is 6.42 Å². The topological polar surface area (TPSA) is 68.9 Å². The van der Waals surface area contributed by atoms with Gasteiger partial charge in [0.25, 0.3) is 0 Å². The molecule has 2 aromatic heterocycles.